The van der Waals surface area contributed by atoms with E-state index < -0.39 is 0 Å². The van der Waals surface area contributed by atoms with E-state index in [1.54, 1.807) is 7.11 Å². The summed E-state index contributed by atoms with van der Waals surface area (Å²) in [6.07, 6.45) is 1.25. The molecule has 3 heteroatoms. The molecule has 122 valence electrons. The zero-order valence-electron chi connectivity index (χ0n) is 14.3. The zero-order chi connectivity index (χ0) is 16.8. The summed E-state index contributed by atoms with van der Waals surface area (Å²) < 4.78 is 5.14. The molecule has 0 aliphatic rings. The van der Waals surface area contributed by atoms with Crippen LogP contribution in [-0.2, 0) is 11.2 Å². The van der Waals surface area contributed by atoms with Crippen molar-refractivity contribution < 1.29 is 9.53 Å². The van der Waals surface area contributed by atoms with Gasteiger partial charge in [-0.2, -0.15) is 0 Å². The number of hydrogen-bond acceptors (Lipinski definition) is 2. The second-order valence-corrected chi connectivity index (χ2v) is 5.91. The Morgan fingerprint density at radius 3 is 2.39 bits per heavy atom. The van der Waals surface area contributed by atoms with Gasteiger partial charge in [-0.25, -0.2) is 0 Å². The largest absolute Gasteiger partial charge is 0.497 e. The van der Waals surface area contributed by atoms with Gasteiger partial charge in [0.2, 0.25) is 5.91 Å². The third-order valence-electron chi connectivity index (χ3n) is 4.07. The normalized spacial score (nSPS) is 11.8. The van der Waals surface area contributed by atoms with Crippen LogP contribution in [0.2, 0.25) is 0 Å². The molecule has 0 aromatic heterocycles. The van der Waals surface area contributed by atoms with Gasteiger partial charge in [0.1, 0.15) is 5.75 Å². The minimum atomic E-state index is 0.0435. The highest BCUT2D eigenvalue weighted by atomic mass is 16.5. The molecule has 1 atom stereocenters. The van der Waals surface area contributed by atoms with Crippen molar-refractivity contribution in [1.82, 2.24) is 5.32 Å². The van der Waals surface area contributed by atoms with Gasteiger partial charge in [-0.15, -0.1) is 0 Å². The molecule has 2 aromatic rings. The van der Waals surface area contributed by atoms with Crippen molar-refractivity contribution in [2.45, 2.75) is 39.7 Å². The van der Waals surface area contributed by atoms with Crippen LogP contribution in [0.15, 0.2) is 42.5 Å². The molecule has 1 N–H and O–H groups in total. The quantitative estimate of drug-likeness (QED) is 0.871. The summed E-state index contributed by atoms with van der Waals surface area (Å²) in [5.74, 6) is 0.845. The first kappa shape index (κ1) is 17.1. The molecule has 0 heterocycles. The maximum absolute atomic E-state index is 12.3. The number of methoxy groups -OCH3 is 1. The van der Waals surface area contributed by atoms with E-state index in [1.165, 1.54) is 16.7 Å². The first-order chi connectivity index (χ1) is 11.0. The van der Waals surface area contributed by atoms with Crippen LogP contribution in [0.1, 0.15) is 41.6 Å². The van der Waals surface area contributed by atoms with Crippen molar-refractivity contribution in [2.75, 3.05) is 7.11 Å². The summed E-state index contributed by atoms with van der Waals surface area (Å²) >= 11 is 0. The first-order valence-corrected chi connectivity index (χ1v) is 8.03. The molecule has 0 aliphatic heterocycles. The topological polar surface area (TPSA) is 38.3 Å². The third kappa shape index (κ3) is 4.59. The minimum Gasteiger partial charge on any atom is -0.497 e. The summed E-state index contributed by atoms with van der Waals surface area (Å²) in [6.45, 7) is 6.28. The molecule has 0 fully saturated rings. The molecular weight excluding hydrogens is 286 g/mol. The zero-order valence-corrected chi connectivity index (χ0v) is 14.3. The van der Waals surface area contributed by atoms with Gasteiger partial charge in [-0.3, -0.25) is 4.79 Å². The van der Waals surface area contributed by atoms with Gasteiger partial charge >= 0.3 is 0 Å². The van der Waals surface area contributed by atoms with Crippen LogP contribution >= 0.6 is 0 Å². The van der Waals surface area contributed by atoms with Crippen LogP contribution < -0.4 is 10.1 Å². The first-order valence-electron chi connectivity index (χ1n) is 8.03. The SMILES string of the molecule is CCC(NC(=O)Cc1ccc(OC)cc1)c1ccc(C)cc1C. The molecule has 3 nitrogen and oxygen atoms in total. The van der Waals surface area contributed by atoms with Crippen molar-refractivity contribution in [3.05, 3.63) is 64.7 Å². The average molecular weight is 311 g/mol. The molecule has 0 spiro atoms. The Morgan fingerprint density at radius 1 is 1.13 bits per heavy atom. The minimum absolute atomic E-state index is 0.0435. The summed E-state index contributed by atoms with van der Waals surface area (Å²) in [4.78, 5) is 12.3. The maximum atomic E-state index is 12.3. The number of rotatable bonds is 6. The number of carbonyl (C=O) groups is 1. The lowest BCUT2D eigenvalue weighted by molar-refractivity contribution is -0.121. The number of aryl methyl sites for hydroxylation is 2. The summed E-state index contributed by atoms with van der Waals surface area (Å²) in [5.41, 5.74) is 4.65. The number of ether oxygens (including phenoxy) is 1. The molecule has 1 amide bonds. The highest BCUT2D eigenvalue weighted by Crippen LogP contribution is 2.22. The van der Waals surface area contributed by atoms with Crippen molar-refractivity contribution in [3.63, 3.8) is 0 Å². The number of hydrogen-bond donors (Lipinski definition) is 1. The van der Waals surface area contributed by atoms with Gasteiger partial charge in [0.05, 0.1) is 19.6 Å². The van der Waals surface area contributed by atoms with Crippen molar-refractivity contribution >= 4 is 5.91 Å². The Hall–Kier alpha value is -2.29. The lowest BCUT2D eigenvalue weighted by atomic mass is 9.97. The lowest BCUT2D eigenvalue weighted by Gasteiger charge is -2.20. The Morgan fingerprint density at radius 2 is 1.83 bits per heavy atom. The summed E-state index contributed by atoms with van der Waals surface area (Å²) in [5, 5.41) is 3.15. The molecule has 2 aromatic carbocycles. The predicted octanol–water partition coefficient (Wildman–Crippen LogP) is 4.12. The van der Waals surface area contributed by atoms with E-state index in [1.807, 2.05) is 24.3 Å². The highest BCUT2D eigenvalue weighted by Gasteiger charge is 2.15. The van der Waals surface area contributed by atoms with Crippen molar-refractivity contribution in [2.24, 2.45) is 0 Å². The van der Waals surface area contributed by atoms with Crippen molar-refractivity contribution in [1.29, 1.82) is 0 Å². The summed E-state index contributed by atoms with van der Waals surface area (Å²) in [6, 6.07) is 14.0. The molecule has 0 saturated heterocycles. The Balaban J connectivity index is 2.04. The smallest absolute Gasteiger partial charge is 0.224 e. The van der Waals surface area contributed by atoms with Gasteiger partial charge < -0.3 is 10.1 Å². The fourth-order valence-corrected chi connectivity index (χ4v) is 2.79. The van der Waals surface area contributed by atoms with E-state index >= 15 is 0 Å². The van der Waals surface area contributed by atoms with E-state index in [2.05, 4.69) is 44.3 Å². The molecule has 23 heavy (non-hydrogen) atoms. The standard InChI is InChI=1S/C20H25NO2/c1-5-19(18-11-6-14(2)12-15(18)3)21-20(22)13-16-7-9-17(23-4)10-8-16/h6-12,19H,5,13H2,1-4H3,(H,21,22). The number of nitrogens with one attached hydrogen (secondary N) is 1. The van der Waals surface area contributed by atoms with Crippen LogP contribution in [0.5, 0.6) is 5.75 Å². The van der Waals surface area contributed by atoms with Gasteiger partial charge in [-0.1, -0.05) is 42.8 Å². The molecule has 0 aliphatic carbocycles. The van der Waals surface area contributed by atoms with E-state index in [4.69, 9.17) is 4.74 Å². The van der Waals surface area contributed by atoms with E-state index in [9.17, 15) is 4.79 Å². The van der Waals surface area contributed by atoms with Gasteiger partial charge in [0, 0.05) is 0 Å². The molecule has 0 saturated carbocycles. The van der Waals surface area contributed by atoms with Crippen LogP contribution in [0, 0.1) is 13.8 Å². The second kappa shape index (κ2) is 7.82. The maximum Gasteiger partial charge on any atom is 0.224 e. The van der Waals surface area contributed by atoms with Crippen LogP contribution in [0.3, 0.4) is 0 Å². The Labute approximate surface area is 138 Å². The number of carbonyl (C=O) groups excluding carboxylic acids is 1. The molecule has 0 bridgehead atoms. The second-order valence-electron chi connectivity index (χ2n) is 5.91. The monoisotopic (exact) mass is 311 g/mol. The van der Waals surface area contributed by atoms with Crippen molar-refractivity contribution in [3.8, 4) is 5.75 Å². The fraction of sp³-hybridized carbons (Fsp3) is 0.350. The Kier molecular flexibility index (Phi) is 5.80. The summed E-state index contributed by atoms with van der Waals surface area (Å²) in [7, 11) is 1.64. The predicted molar refractivity (Wildman–Crippen MR) is 93.8 cm³/mol. The van der Waals surface area contributed by atoms with Gasteiger partial charge in [0.25, 0.3) is 0 Å². The van der Waals surface area contributed by atoms with E-state index in [0.29, 0.717) is 6.42 Å². The average Bonchev–Trinajstić information content (AvgIpc) is 2.54. The molecule has 2 rings (SSSR count). The third-order valence-corrected chi connectivity index (χ3v) is 4.07. The number of amides is 1. The van der Waals surface area contributed by atoms with E-state index in [0.717, 1.165) is 17.7 Å². The number of benzene rings is 2. The molecule has 0 radical (unpaired) electrons. The van der Waals surface area contributed by atoms with Gasteiger partial charge in [0.15, 0.2) is 0 Å². The lowest BCUT2D eigenvalue weighted by Crippen LogP contribution is -2.30. The van der Waals surface area contributed by atoms with E-state index in [-0.39, 0.29) is 11.9 Å². The fourth-order valence-electron chi connectivity index (χ4n) is 2.79. The molecular formula is C20H25NO2. The highest BCUT2D eigenvalue weighted by molar-refractivity contribution is 5.79. The van der Waals surface area contributed by atoms with Gasteiger partial charge in [-0.05, 0) is 49.1 Å². The van der Waals surface area contributed by atoms with Crippen LogP contribution in [0.4, 0.5) is 0 Å². The molecule has 1 unspecified atom stereocenters. The van der Waals surface area contributed by atoms with Crippen LogP contribution in [-0.4, -0.2) is 13.0 Å². The van der Waals surface area contributed by atoms with Crippen LogP contribution in [0.25, 0.3) is 0 Å². The Bertz CT molecular complexity index is 662.